The highest BCUT2D eigenvalue weighted by Gasteiger charge is 2.54. The van der Waals surface area contributed by atoms with E-state index >= 15 is 0 Å². The van der Waals surface area contributed by atoms with E-state index in [0.717, 1.165) is 5.56 Å². The molecule has 26 heavy (non-hydrogen) atoms. The van der Waals surface area contributed by atoms with Crippen LogP contribution < -0.4 is 0 Å². The van der Waals surface area contributed by atoms with Gasteiger partial charge >= 0.3 is 7.12 Å². The molecule has 5 heteroatoms. The molecular formula is C21H24BClO3. The van der Waals surface area contributed by atoms with Crippen molar-refractivity contribution in [2.24, 2.45) is 0 Å². The third kappa shape index (κ3) is 3.88. The third-order valence-electron chi connectivity index (χ3n) is 5.40. The molecule has 1 fully saturated rings. The molecule has 0 aromatic heterocycles. The van der Waals surface area contributed by atoms with Crippen LogP contribution in [0.3, 0.4) is 0 Å². The van der Waals surface area contributed by atoms with Crippen molar-refractivity contribution in [3.05, 3.63) is 70.7 Å². The largest absolute Gasteiger partial charge is 0.466 e. The summed E-state index contributed by atoms with van der Waals surface area (Å²) >= 11 is 6.04. The Morgan fingerprint density at radius 1 is 0.962 bits per heavy atom. The Morgan fingerprint density at radius 3 is 2.04 bits per heavy atom. The summed E-state index contributed by atoms with van der Waals surface area (Å²) in [7, 11) is -0.492. The molecule has 1 unspecified atom stereocenters. The van der Waals surface area contributed by atoms with Crippen LogP contribution in [0.4, 0.5) is 0 Å². The standard InChI is InChI=1S/C21H24BClO3/c1-20(2)21(3,4)26-22(25-20)18(15-10-12-17(23)13-11-15)14-19(24)16-8-6-5-7-9-16/h5-13,18H,14H2,1-4H3. The molecule has 0 saturated carbocycles. The average molecular weight is 371 g/mol. The Hall–Kier alpha value is -1.62. The van der Waals surface area contributed by atoms with Crippen molar-refractivity contribution < 1.29 is 14.1 Å². The van der Waals surface area contributed by atoms with Gasteiger partial charge < -0.3 is 9.31 Å². The van der Waals surface area contributed by atoms with E-state index in [9.17, 15) is 4.79 Å². The van der Waals surface area contributed by atoms with Gasteiger partial charge in [-0.15, -0.1) is 0 Å². The van der Waals surface area contributed by atoms with E-state index in [0.29, 0.717) is 17.0 Å². The molecule has 0 aliphatic carbocycles. The van der Waals surface area contributed by atoms with E-state index in [4.69, 9.17) is 20.9 Å². The van der Waals surface area contributed by atoms with Crippen LogP contribution in [0.2, 0.25) is 5.02 Å². The monoisotopic (exact) mass is 370 g/mol. The average Bonchev–Trinajstić information content (AvgIpc) is 2.82. The molecule has 0 radical (unpaired) electrons. The molecule has 0 spiro atoms. The highest BCUT2D eigenvalue weighted by atomic mass is 35.5. The van der Waals surface area contributed by atoms with E-state index in [1.165, 1.54) is 0 Å². The molecule has 0 bridgehead atoms. The van der Waals surface area contributed by atoms with Gasteiger partial charge in [0.1, 0.15) is 0 Å². The molecule has 1 aliphatic rings. The minimum absolute atomic E-state index is 0.0697. The van der Waals surface area contributed by atoms with Crippen LogP contribution in [0.15, 0.2) is 54.6 Å². The molecule has 2 aromatic rings. The van der Waals surface area contributed by atoms with Crippen molar-refractivity contribution in [2.45, 2.75) is 51.1 Å². The second kappa shape index (κ2) is 7.18. The fourth-order valence-corrected chi connectivity index (χ4v) is 3.20. The first-order valence-corrected chi connectivity index (χ1v) is 9.27. The molecular weight excluding hydrogens is 346 g/mol. The summed E-state index contributed by atoms with van der Waals surface area (Å²) in [5.41, 5.74) is 0.788. The predicted octanol–water partition coefficient (Wildman–Crippen LogP) is 5.33. The minimum atomic E-state index is -0.492. The number of Topliss-reactive ketones (excluding diaryl/α,β-unsaturated/α-hetero) is 1. The van der Waals surface area contributed by atoms with E-state index in [1.807, 2.05) is 82.3 Å². The van der Waals surface area contributed by atoms with Crippen LogP contribution in [0.25, 0.3) is 0 Å². The lowest BCUT2D eigenvalue weighted by atomic mass is 9.65. The molecule has 0 N–H and O–H groups in total. The number of ketones is 1. The van der Waals surface area contributed by atoms with Gasteiger partial charge in [0.05, 0.1) is 11.2 Å². The first-order valence-electron chi connectivity index (χ1n) is 8.89. The summed E-state index contributed by atoms with van der Waals surface area (Å²) in [4.78, 5) is 12.8. The zero-order chi connectivity index (χ0) is 18.9. The molecule has 1 aliphatic heterocycles. The van der Waals surface area contributed by atoms with Gasteiger partial charge in [-0.25, -0.2) is 0 Å². The molecule has 1 heterocycles. The summed E-state index contributed by atoms with van der Waals surface area (Å²) in [5.74, 6) is -0.138. The van der Waals surface area contributed by atoms with Crippen molar-refractivity contribution >= 4 is 24.5 Å². The van der Waals surface area contributed by atoms with E-state index in [-0.39, 0.29) is 11.6 Å². The first kappa shape index (κ1) is 19.2. The Balaban J connectivity index is 1.90. The number of carbonyl (C=O) groups excluding carboxylic acids is 1. The van der Waals surface area contributed by atoms with Crippen LogP contribution in [0.5, 0.6) is 0 Å². The lowest BCUT2D eigenvalue weighted by molar-refractivity contribution is 0.00578. The van der Waals surface area contributed by atoms with Gasteiger partial charge in [0, 0.05) is 22.8 Å². The molecule has 1 atom stereocenters. The van der Waals surface area contributed by atoms with Gasteiger partial charge in [0.25, 0.3) is 0 Å². The summed E-state index contributed by atoms with van der Waals surface area (Å²) in [5, 5.41) is 0.663. The normalized spacial score (nSPS) is 19.3. The SMILES string of the molecule is CC1(C)OB(C(CC(=O)c2ccccc2)c2ccc(Cl)cc2)OC1(C)C. The summed E-state index contributed by atoms with van der Waals surface area (Å²) in [6.07, 6.45) is 0.308. The fraction of sp³-hybridized carbons (Fsp3) is 0.381. The van der Waals surface area contributed by atoms with Crippen LogP contribution in [-0.2, 0) is 9.31 Å². The van der Waals surface area contributed by atoms with Gasteiger partial charge in [-0.2, -0.15) is 0 Å². The Kier molecular flexibility index (Phi) is 5.29. The first-order chi connectivity index (χ1) is 12.2. The van der Waals surface area contributed by atoms with Gasteiger partial charge in [0.15, 0.2) is 5.78 Å². The quantitative estimate of drug-likeness (QED) is 0.527. The lowest BCUT2D eigenvalue weighted by Crippen LogP contribution is -2.41. The lowest BCUT2D eigenvalue weighted by Gasteiger charge is -2.32. The van der Waals surface area contributed by atoms with Crippen molar-refractivity contribution in [3.63, 3.8) is 0 Å². The maximum absolute atomic E-state index is 12.8. The summed E-state index contributed by atoms with van der Waals surface area (Å²) in [6, 6.07) is 16.9. The molecule has 3 rings (SSSR count). The molecule has 3 nitrogen and oxygen atoms in total. The van der Waals surface area contributed by atoms with Crippen molar-refractivity contribution in [1.82, 2.24) is 0 Å². The zero-order valence-corrected chi connectivity index (χ0v) is 16.4. The number of benzene rings is 2. The fourth-order valence-electron chi connectivity index (χ4n) is 3.08. The third-order valence-corrected chi connectivity index (χ3v) is 5.65. The van der Waals surface area contributed by atoms with Crippen molar-refractivity contribution in [3.8, 4) is 0 Å². The number of halogens is 1. The smallest absolute Gasteiger partial charge is 0.403 e. The highest BCUT2D eigenvalue weighted by Crippen LogP contribution is 2.42. The number of rotatable bonds is 5. The number of hydrogen-bond acceptors (Lipinski definition) is 3. The highest BCUT2D eigenvalue weighted by molar-refractivity contribution is 6.48. The van der Waals surface area contributed by atoms with Gasteiger partial charge in [-0.3, -0.25) is 4.79 Å². The Labute approximate surface area is 160 Å². The minimum Gasteiger partial charge on any atom is -0.403 e. The Morgan fingerprint density at radius 2 is 1.50 bits per heavy atom. The second-order valence-corrected chi connectivity index (χ2v) is 8.21. The molecule has 0 amide bonds. The van der Waals surface area contributed by atoms with E-state index in [1.54, 1.807) is 0 Å². The maximum Gasteiger partial charge on any atom is 0.466 e. The number of carbonyl (C=O) groups is 1. The van der Waals surface area contributed by atoms with E-state index < -0.39 is 18.3 Å². The van der Waals surface area contributed by atoms with Gasteiger partial charge in [-0.1, -0.05) is 54.1 Å². The van der Waals surface area contributed by atoms with Crippen LogP contribution in [0.1, 0.15) is 55.9 Å². The number of hydrogen-bond donors (Lipinski definition) is 0. The molecule has 136 valence electrons. The topological polar surface area (TPSA) is 35.5 Å². The van der Waals surface area contributed by atoms with Gasteiger partial charge in [-0.05, 0) is 45.4 Å². The predicted molar refractivity (Wildman–Crippen MR) is 106 cm³/mol. The van der Waals surface area contributed by atoms with Crippen LogP contribution >= 0.6 is 11.6 Å². The maximum atomic E-state index is 12.8. The van der Waals surface area contributed by atoms with Crippen molar-refractivity contribution in [1.29, 1.82) is 0 Å². The van der Waals surface area contributed by atoms with Gasteiger partial charge in [0.2, 0.25) is 0 Å². The van der Waals surface area contributed by atoms with Crippen LogP contribution in [-0.4, -0.2) is 24.1 Å². The zero-order valence-electron chi connectivity index (χ0n) is 15.7. The van der Waals surface area contributed by atoms with E-state index in [2.05, 4.69) is 0 Å². The molecule has 1 saturated heterocycles. The van der Waals surface area contributed by atoms with Crippen molar-refractivity contribution in [2.75, 3.05) is 0 Å². The Bertz CT molecular complexity index is 756. The summed E-state index contributed by atoms with van der Waals surface area (Å²) < 4.78 is 12.5. The molecule has 2 aromatic carbocycles. The second-order valence-electron chi connectivity index (χ2n) is 7.78. The summed E-state index contributed by atoms with van der Waals surface area (Å²) in [6.45, 7) is 8.08. The van der Waals surface area contributed by atoms with Crippen LogP contribution in [0, 0.1) is 0 Å².